The van der Waals surface area contributed by atoms with E-state index in [0.717, 1.165) is 19.5 Å². The van der Waals surface area contributed by atoms with Crippen LogP contribution in [0.4, 0.5) is 10.6 Å². The molecule has 2 aromatic rings. The first-order valence-electron chi connectivity index (χ1n) is 8.61. The fourth-order valence-electron chi connectivity index (χ4n) is 2.92. The minimum Gasteiger partial charge on any atom is -0.474 e. The monoisotopic (exact) mass is 340 g/mol. The minimum absolute atomic E-state index is 0.0427. The zero-order valence-corrected chi connectivity index (χ0v) is 14.9. The van der Waals surface area contributed by atoms with Gasteiger partial charge in [-0.25, -0.2) is 4.79 Å². The van der Waals surface area contributed by atoms with Gasteiger partial charge in [-0.2, -0.15) is 0 Å². The molecule has 0 bridgehead atoms. The molecule has 6 heteroatoms. The molecule has 1 aliphatic rings. The van der Waals surface area contributed by atoms with Crippen LogP contribution >= 0.6 is 0 Å². The molecule has 2 amide bonds. The molecule has 0 unspecified atom stereocenters. The molecule has 0 saturated carbocycles. The van der Waals surface area contributed by atoms with E-state index < -0.39 is 0 Å². The van der Waals surface area contributed by atoms with Crippen molar-refractivity contribution in [2.75, 3.05) is 18.4 Å². The quantitative estimate of drug-likeness (QED) is 0.907. The molecule has 1 saturated heterocycles. The van der Waals surface area contributed by atoms with Crippen molar-refractivity contribution in [3.8, 4) is 5.88 Å². The van der Waals surface area contributed by atoms with Crippen LogP contribution in [0.1, 0.15) is 25.0 Å². The molecule has 3 rings (SSSR count). The smallest absolute Gasteiger partial charge is 0.323 e. The second-order valence-electron chi connectivity index (χ2n) is 6.82. The third kappa shape index (κ3) is 4.68. The lowest BCUT2D eigenvalue weighted by atomic mass is 9.92. The highest BCUT2D eigenvalue weighted by Crippen LogP contribution is 2.22. The van der Waals surface area contributed by atoms with Crippen molar-refractivity contribution in [2.24, 2.45) is 5.92 Å². The van der Waals surface area contributed by atoms with Crippen molar-refractivity contribution in [1.29, 1.82) is 0 Å². The van der Waals surface area contributed by atoms with Gasteiger partial charge < -0.3 is 9.64 Å². The van der Waals surface area contributed by atoms with Crippen molar-refractivity contribution in [1.82, 2.24) is 15.1 Å². The molecule has 1 aromatic carbocycles. The Kier molecular flexibility index (Phi) is 5.16. The molecule has 0 radical (unpaired) electrons. The number of benzene rings is 1. The lowest BCUT2D eigenvalue weighted by Gasteiger charge is -2.39. The normalized spacial score (nSPS) is 14.3. The van der Waals surface area contributed by atoms with Crippen LogP contribution in [-0.4, -0.2) is 40.3 Å². The fourth-order valence-corrected chi connectivity index (χ4v) is 2.92. The molecule has 2 heterocycles. The largest absolute Gasteiger partial charge is 0.474 e. The van der Waals surface area contributed by atoms with Crippen LogP contribution in [0.5, 0.6) is 5.88 Å². The van der Waals surface area contributed by atoms with E-state index in [0.29, 0.717) is 17.6 Å². The highest BCUT2D eigenvalue weighted by molar-refractivity contribution is 5.88. The Bertz CT molecular complexity index is 724. The number of likely N-dealkylation sites (tertiary alicyclic amines) is 1. The first kappa shape index (κ1) is 17.2. The minimum atomic E-state index is -0.132. The molecule has 0 atom stereocenters. The average Bonchev–Trinajstić information content (AvgIpc) is 2.52. The van der Waals surface area contributed by atoms with E-state index in [1.165, 1.54) is 11.1 Å². The highest BCUT2D eigenvalue weighted by Gasteiger charge is 2.30. The summed E-state index contributed by atoms with van der Waals surface area (Å²) in [6.45, 7) is 7.48. The first-order chi connectivity index (χ1) is 12.0. The second kappa shape index (κ2) is 7.51. The van der Waals surface area contributed by atoms with Crippen LogP contribution in [0.3, 0.4) is 0 Å². The van der Waals surface area contributed by atoms with E-state index in [1.54, 1.807) is 17.0 Å². The summed E-state index contributed by atoms with van der Waals surface area (Å²) >= 11 is 0. The summed E-state index contributed by atoms with van der Waals surface area (Å²) in [4.78, 5) is 14.0. The van der Waals surface area contributed by atoms with Gasteiger partial charge in [0.25, 0.3) is 0 Å². The SMILES string of the molecule is Cc1cccc(CC2CN(C(=O)Nc3ccc(OC(C)C)nn3)C2)c1. The van der Waals surface area contributed by atoms with Gasteiger partial charge in [-0.3, -0.25) is 5.32 Å². The van der Waals surface area contributed by atoms with Crippen LogP contribution in [0.25, 0.3) is 0 Å². The predicted octanol–water partition coefficient (Wildman–Crippen LogP) is 3.28. The summed E-state index contributed by atoms with van der Waals surface area (Å²) in [5.74, 6) is 1.40. The van der Waals surface area contributed by atoms with Crippen molar-refractivity contribution in [3.63, 3.8) is 0 Å². The van der Waals surface area contributed by atoms with Crippen molar-refractivity contribution >= 4 is 11.8 Å². The molecule has 132 valence electrons. The number of hydrogen-bond donors (Lipinski definition) is 1. The number of amides is 2. The summed E-state index contributed by atoms with van der Waals surface area (Å²) < 4.78 is 5.44. The third-order valence-corrected chi connectivity index (χ3v) is 4.08. The van der Waals surface area contributed by atoms with Crippen LogP contribution < -0.4 is 10.1 Å². The van der Waals surface area contributed by atoms with Gasteiger partial charge >= 0.3 is 6.03 Å². The number of aryl methyl sites for hydroxylation is 1. The predicted molar refractivity (Wildman–Crippen MR) is 96.8 cm³/mol. The number of aromatic nitrogens is 2. The van der Waals surface area contributed by atoms with Crippen molar-refractivity contribution in [3.05, 3.63) is 47.5 Å². The van der Waals surface area contributed by atoms with E-state index in [-0.39, 0.29) is 12.1 Å². The maximum atomic E-state index is 12.2. The third-order valence-electron chi connectivity index (χ3n) is 4.08. The van der Waals surface area contributed by atoms with Gasteiger partial charge in [-0.15, -0.1) is 10.2 Å². The summed E-state index contributed by atoms with van der Waals surface area (Å²) in [7, 11) is 0. The Morgan fingerprint density at radius 2 is 2.08 bits per heavy atom. The molecule has 1 aromatic heterocycles. The molecule has 1 fully saturated rings. The van der Waals surface area contributed by atoms with Gasteiger partial charge in [0.1, 0.15) is 0 Å². The van der Waals surface area contributed by atoms with Gasteiger partial charge in [0.15, 0.2) is 5.82 Å². The second-order valence-corrected chi connectivity index (χ2v) is 6.82. The number of nitrogens with one attached hydrogen (secondary N) is 1. The molecule has 0 aliphatic carbocycles. The maximum Gasteiger partial charge on any atom is 0.323 e. The van der Waals surface area contributed by atoms with Crippen LogP contribution in [0, 0.1) is 12.8 Å². The number of carbonyl (C=O) groups is 1. The van der Waals surface area contributed by atoms with E-state index in [4.69, 9.17) is 4.74 Å². The highest BCUT2D eigenvalue weighted by atomic mass is 16.5. The zero-order valence-electron chi connectivity index (χ0n) is 14.9. The average molecular weight is 340 g/mol. The number of ether oxygens (including phenoxy) is 1. The number of urea groups is 1. The van der Waals surface area contributed by atoms with Crippen molar-refractivity contribution < 1.29 is 9.53 Å². The Morgan fingerprint density at radius 1 is 1.28 bits per heavy atom. The lowest BCUT2D eigenvalue weighted by Crippen LogP contribution is -2.52. The van der Waals surface area contributed by atoms with E-state index in [2.05, 4.69) is 46.7 Å². The fraction of sp³-hybridized carbons (Fsp3) is 0.421. The van der Waals surface area contributed by atoms with E-state index in [1.807, 2.05) is 13.8 Å². The number of anilines is 1. The Balaban J connectivity index is 1.46. The van der Waals surface area contributed by atoms with E-state index >= 15 is 0 Å². The summed E-state index contributed by atoms with van der Waals surface area (Å²) in [5.41, 5.74) is 2.60. The summed E-state index contributed by atoms with van der Waals surface area (Å²) in [6.07, 6.45) is 1.05. The standard InChI is InChI=1S/C19H24N4O2/c1-13(2)25-18-8-7-17(21-22-18)20-19(24)23-11-16(12-23)10-15-6-4-5-14(3)9-15/h4-9,13,16H,10-12H2,1-3H3,(H,20,21,24). The molecule has 6 nitrogen and oxygen atoms in total. The first-order valence-corrected chi connectivity index (χ1v) is 8.61. The zero-order chi connectivity index (χ0) is 17.8. The molecule has 1 N–H and O–H groups in total. The lowest BCUT2D eigenvalue weighted by molar-refractivity contribution is 0.131. The number of nitrogens with zero attached hydrogens (tertiary/aromatic N) is 3. The van der Waals surface area contributed by atoms with E-state index in [9.17, 15) is 4.79 Å². The van der Waals surface area contributed by atoms with Gasteiger partial charge in [0.05, 0.1) is 6.10 Å². The Hall–Kier alpha value is -2.63. The number of carbonyl (C=O) groups excluding carboxylic acids is 1. The number of rotatable bonds is 5. The molecular formula is C19H24N4O2. The summed E-state index contributed by atoms with van der Waals surface area (Å²) in [5, 5.41) is 10.7. The van der Waals surface area contributed by atoms with Crippen LogP contribution in [0.2, 0.25) is 0 Å². The van der Waals surface area contributed by atoms with Crippen molar-refractivity contribution in [2.45, 2.75) is 33.3 Å². The molecular weight excluding hydrogens is 316 g/mol. The van der Waals surface area contributed by atoms with Gasteiger partial charge in [0.2, 0.25) is 5.88 Å². The van der Waals surface area contributed by atoms with Crippen LogP contribution in [-0.2, 0) is 6.42 Å². The van der Waals surface area contributed by atoms with Gasteiger partial charge in [0, 0.05) is 19.2 Å². The Morgan fingerprint density at radius 3 is 2.72 bits per heavy atom. The Labute approximate surface area is 148 Å². The molecule has 25 heavy (non-hydrogen) atoms. The summed E-state index contributed by atoms with van der Waals surface area (Å²) in [6, 6.07) is 11.8. The molecule has 0 spiro atoms. The van der Waals surface area contributed by atoms with Crippen LogP contribution in [0.15, 0.2) is 36.4 Å². The van der Waals surface area contributed by atoms with Gasteiger partial charge in [-0.05, 0) is 44.7 Å². The van der Waals surface area contributed by atoms with Gasteiger partial charge in [-0.1, -0.05) is 29.8 Å². The topological polar surface area (TPSA) is 67.4 Å². The maximum absolute atomic E-state index is 12.2. The number of hydrogen-bond acceptors (Lipinski definition) is 4. The molecule has 1 aliphatic heterocycles.